The Labute approximate surface area is 159 Å². The molecule has 0 saturated carbocycles. The van der Waals surface area contributed by atoms with E-state index in [9.17, 15) is 4.79 Å². The predicted octanol–water partition coefficient (Wildman–Crippen LogP) is 5.04. The number of quaternary nitrogens is 1. The molecule has 148 valence electrons. The first-order chi connectivity index (χ1) is 12.3. The van der Waals surface area contributed by atoms with E-state index in [0.717, 1.165) is 13.0 Å². The van der Waals surface area contributed by atoms with Crippen LogP contribution in [-0.2, 0) is 16.0 Å². The summed E-state index contributed by atoms with van der Waals surface area (Å²) in [5.41, 5.74) is 2.62. The molecule has 0 aliphatic carbocycles. The van der Waals surface area contributed by atoms with Gasteiger partial charge in [-0.25, -0.2) is 4.79 Å². The summed E-state index contributed by atoms with van der Waals surface area (Å²) in [6.07, 6.45) is 10.4. The van der Waals surface area contributed by atoms with Crippen LogP contribution in [0.2, 0.25) is 0 Å². The summed E-state index contributed by atoms with van der Waals surface area (Å²) in [6.45, 7) is 4.69. The molecule has 0 aliphatic heterocycles. The number of ether oxygens (including phenoxy) is 1. The van der Waals surface area contributed by atoms with Gasteiger partial charge in [0, 0.05) is 0 Å². The molecule has 0 bridgehead atoms. The Morgan fingerprint density at radius 3 is 2.19 bits per heavy atom. The molecule has 0 aliphatic rings. The maximum Gasteiger partial charge on any atom is 0.329 e. The molecule has 1 unspecified atom stereocenters. The van der Waals surface area contributed by atoms with E-state index in [0.29, 0.717) is 4.48 Å². The Hall–Kier alpha value is -1.39. The van der Waals surface area contributed by atoms with Gasteiger partial charge in [0.1, 0.15) is 24.9 Å². The number of carboxylic acid groups (broad SMARTS) is 1. The molecule has 0 amide bonds. The van der Waals surface area contributed by atoms with Crippen LogP contribution in [0.1, 0.15) is 64.4 Å². The van der Waals surface area contributed by atoms with Gasteiger partial charge in [0.25, 0.3) is 0 Å². The van der Waals surface area contributed by atoms with E-state index in [1.165, 1.54) is 56.2 Å². The molecule has 1 atom stereocenters. The number of hydrogen-bond acceptors (Lipinski definition) is 2. The van der Waals surface area contributed by atoms with Crippen LogP contribution in [0.4, 0.5) is 5.69 Å². The van der Waals surface area contributed by atoms with Crippen molar-refractivity contribution in [1.82, 2.24) is 4.48 Å². The van der Waals surface area contributed by atoms with Crippen LogP contribution in [0.3, 0.4) is 0 Å². The minimum atomic E-state index is -0.920. The summed E-state index contributed by atoms with van der Waals surface area (Å²) in [5, 5.41) is 8.72. The Morgan fingerprint density at radius 1 is 1.04 bits per heavy atom. The number of likely N-dealkylation sites (N-methyl/N-ethyl adjacent to an activating group) is 1. The van der Waals surface area contributed by atoms with E-state index in [-0.39, 0.29) is 12.7 Å². The maximum atomic E-state index is 10.6. The third-order valence-electron chi connectivity index (χ3n) is 4.91. The Bertz CT molecular complexity index is 511. The molecule has 0 spiro atoms. The molecule has 0 aromatic heterocycles. The molecule has 0 heterocycles. The number of aliphatic carboxylic acids is 1. The number of rotatable bonds is 14. The number of carboxylic acids is 1. The van der Waals surface area contributed by atoms with Crippen molar-refractivity contribution in [2.45, 2.75) is 71.3 Å². The summed E-state index contributed by atoms with van der Waals surface area (Å²) in [6, 6.07) is 8.85. The monoisotopic (exact) mass is 364 g/mol. The van der Waals surface area contributed by atoms with Crippen LogP contribution < -0.4 is 4.48 Å². The van der Waals surface area contributed by atoms with Crippen LogP contribution >= 0.6 is 0 Å². The van der Waals surface area contributed by atoms with E-state index < -0.39 is 5.97 Å². The average Bonchev–Trinajstić information content (AvgIpc) is 2.59. The average molecular weight is 365 g/mol. The van der Waals surface area contributed by atoms with Gasteiger partial charge in [-0.2, -0.15) is 0 Å². The van der Waals surface area contributed by atoms with Gasteiger partial charge in [-0.1, -0.05) is 57.6 Å². The molecule has 0 saturated heterocycles. The molecule has 4 heteroatoms. The fourth-order valence-electron chi connectivity index (χ4n) is 3.37. The zero-order valence-corrected chi connectivity index (χ0v) is 17.2. The lowest BCUT2D eigenvalue weighted by molar-refractivity contribution is -0.144. The van der Waals surface area contributed by atoms with E-state index in [1.54, 1.807) is 0 Å². The number of benzene rings is 1. The first-order valence-corrected chi connectivity index (χ1v) is 10.1. The SMILES string of the molecule is CCCCCCCCCc1ccc([N+](C)(C)CC(C)OCC(=O)O)cc1. The first kappa shape index (κ1) is 22.7. The van der Waals surface area contributed by atoms with Gasteiger partial charge in [-0.15, -0.1) is 0 Å². The summed E-state index contributed by atoms with van der Waals surface area (Å²) >= 11 is 0. The zero-order chi connectivity index (χ0) is 19.4. The molecule has 1 rings (SSSR count). The number of aryl methyl sites for hydroxylation is 1. The number of nitrogens with zero attached hydrogens (tertiary/aromatic N) is 1. The van der Waals surface area contributed by atoms with E-state index >= 15 is 0 Å². The molecule has 4 nitrogen and oxygen atoms in total. The van der Waals surface area contributed by atoms with E-state index in [4.69, 9.17) is 9.84 Å². The summed E-state index contributed by atoms with van der Waals surface area (Å²) in [7, 11) is 4.26. The molecule has 1 N–H and O–H groups in total. The standard InChI is InChI=1S/C22H37NO3/c1-5-6-7-8-9-10-11-12-20-13-15-21(16-14-20)23(3,4)17-19(2)26-18-22(24)25/h13-16,19H,5-12,17-18H2,1-4H3/p+1. The van der Waals surface area contributed by atoms with Crippen molar-refractivity contribution in [2.24, 2.45) is 0 Å². The van der Waals surface area contributed by atoms with Gasteiger partial charge in [-0.05, 0) is 37.5 Å². The fraction of sp³-hybridized carbons (Fsp3) is 0.682. The molecule has 0 radical (unpaired) electrons. The molecule has 1 aromatic carbocycles. The lowest BCUT2D eigenvalue weighted by atomic mass is 10.0. The Kier molecular flexibility index (Phi) is 10.5. The van der Waals surface area contributed by atoms with Crippen molar-refractivity contribution in [3.8, 4) is 0 Å². The fourth-order valence-corrected chi connectivity index (χ4v) is 3.37. The van der Waals surface area contributed by atoms with Crippen molar-refractivity contribution in [2.75, 3.05) is 27.2 Å². The number of unbranched alkanes of at least 4 members (excludes halogenated alkanes) is 6. The van der Waals surface area contributed by atoms with Crippen LogP contribution in [0.5, 0.6) is 0 Å². The smallest absolute Gasteiger partial charge is 0.329 e. The molecular formula is C22H38NO3+. The van der Waals surface area contributed by atoms with Crippen LogP contribution in [0.25, 0.3) is 0 Å². The van der Waals surface area contributed by atoms with Gasteiger partial charge < -0.3 is 9.84 Å². The highest BCUT2D eigenvalue weighted by Gasteiger charge is 2.23. The van der Waals surface area contributed by atoms with Gasteiger partial charge in [-0.3, -0.25) is 4.48 Å². The molecule has 1 aromatic rings. The maximum absolute atomic E-state index is 10.6. The van der Waals surface area contributed by atoms with Gasteiger partial charge >= 0.3 is 5.97 Å². The third kappa shape index (κ3) is 9.35. The van der Waals surface area contributed by atoms with Crippen molar-refractivity contribution in [1.29, 1.82) is 0 Å². The lowest BCUT2D eigenvalue weighted by Gasteiger charge is -2.31. The second-order valence-electron chi connectivity index (χ2n) is 7.92. The normalized spacial score (nSPS) is 12.9. The number of hydrogen-bond donors (Lipinski definition) is 1. The summed E-state index contributed by atoms with van der Waals surface area (Å²) in [4.78, 5) is 10.6. The molecule has 26 heavy (non-hydrogen) atoms. The highest BCUT2D eigenvalue weighted by Crippen LogP contribution is 2.21. The van der Waals surface area contributed by atoms with Crippen LogP contribution in [0.15, 0.2) is 24.3 Å². The van der Waals surface area contributed by atoms with Crippen LogP contribution in [0, 0.1) is 0 Å². The van der Waals surface area contributed by atoms with Crippen molar-refractivity contribution >= 4 is 11.7 Å². The molecule has 0 fully saturated rings. The zero-order valence-electron chi connectivity index (χ0n) is 17.2. The Morgan fingerprint density at radius 2 is 1.62 bits per heavy atom. The first-order valence-electron chi connectivity index (χ1n) is 10.1. The second kappa shape index (κ2) is 12.1. The molecular weight excluding hydrogens is 326 g/mol. The van der Waals surface area contributed by atoms with Gasteiger partial charge in [0.15, 0.2) is 0 Å². The topological polar surface area (TPSA) is 46.5 Å². The Balaban J connectivity index is 2.38. The predicted molar refractivity (Wildman–Crippen MR) is 110 cm³/mol. The van der Waals surface area contributed by atoms with E-state index in [1.807, 2.05) is 6.92 Å². The van der Waals surface area contributed by atoms with Crippen molar-refractivity contribution < 1.29 is 14.6 Å². The minimum absolute atomic E-state index is 0.103. The largest absolute Gasteiger partial charge is 0.480 e. The second-order valence-corrected chi connectivity index (χ2v) is 7.92. The van der Waals surface area contributed by atoms with E-state index in [2.05, 4.69) is 45.3 Å². The highest BCUT2D eigenvalue weighted by atomic mass is 16.5. The summed E-state index contributed by atoms with van der Waals surface area (Å²) < 4.78 is 6.05. The van der Waals surface area contributed by atoms with Gasteiger partial charge in [0.05, 0.1) is 14.1 Å². The summed E-state index contributed by atoms with van der Waals surface area (Å²) in [5.74, 6) is -0.920. The van der Waals surface area contributed by atoms with Gasteiger partial charge in [0.2, 0.25) is 0 Å². The van der Waals surface area contributed by atoms with Crippen LogP contribution in [-0.4, -0.2) is 44.4 Å². The third-order valence-corrected chi connectivity index (χ3v) is 4.91. The quantitative estimate of drug-likeness (QED) is 0.372. The lowest BCUT2D eigenvalue weighted by Crippen LogP contribution is -2.46. The van der Waals surface area contributed by atoms with Crippen molar-refractivity contribution in [3.63, 3.8) is 0 Å². The number of carbonyl (C=O) groups is 1. The highest BCUT2D eigenvalue weighted by molar-refractivity contribution is 5.68. The minimum Gasteiger partial charge on any atom is -0.480 e. The van der Waals surface area contributed by atoms with Crippen molar-refractivity contribution in [3.05, 3.63) is 29.8 Å².